The van der Waals surface area contributed by atoms with Crippen LogP contribution in [0.1, 0.15) is 26.5 Å². The molecule has 0 bridgehead atoms. The zero-order valence-corrected chi connectivity index (χ0v) is 16.5. The van der Waals surface area contributed by atoms with E-state index < -0.39 is 0 Å². The number of hydrogen-bond donors (Lipinski definition) is 1. The highest BCUT2D eigenvalue weighted by atomic mass is 32.1. The summed E-state index contributed by atoms with van der Waals surface area (Å²) in [4.78, 5) is 17.3. The molecule has 1 amide bonds. The molecule has 0 aliphatic heterocycles. The van der Waals surface area contributed by atoms with Crippen molar-refractivity contribution in [3.8, 4) is 5.75 Å². The third-order valence-electron chi connectivity index (χ3n) is 4.36. The number of nitrogens with zero attached hydrogens (tertiary/aromatic N) is 1. The smallest absolute Gasteiger partial charge is 0.259 e. The summed E-state index contributed by atoms with van der Waals surface area (Å²) in [6, 6.07) is 21.2. The van der Waals surface area contributed by atoms with Gasteiger partial charge in [-0.15, -0.1) is 11.3 Å². The minimum Gasteiger partial charge on any atom is -0.488 e. The first kappa shape index (κ1) is 18.2. The fourth-order valence-electron chi connectivity index (χ4n) is 3.06. The number of thiazole rings is 1. The average molecular weight is 388 g/mol. The number of aryl methyl sites for hydroxylation is 2. The number of ether oxygens (including phenoxy) is 1. The third kappa shape index (κ3) is 4.05. The molecule has 4 aromatic rings. The van der Waals surface area contributed by atoms with E-state index in [0.29, 0.717) is 17.9 Å². The highest BCUT2D eigenvalue weighted by molar-refractivity contribution is 7.18. The predicted molar refractivity (Wildman–Crippen MR) is 114 cm³/mol. The van der Waals surface area contributed by atoms with Crippen LogP contribution < -0.4 is 10.1 Å². The lowest BCUT2D eigenvalue weighted by atomic mass is 10.1. The zero-order valence-electron chi connectivity index (χ0n) is 15.7. The standard InChI is InChI=1S/C23H20N2O2S/c1-15-6-5-7-17(12-15)14-27-21-9-4-3-8-19(21)23(26)25-18-10-11-20-22(13-18)28-16(2)24-20/h3-13H,14H2,1-2H3,(H,25,26). The number of rotatable bonds is 5. The minimum atomic E-state index is -0.194. The van der Waals surface area contributed by atoms with Crippen molar-refractivity contribution in [2.45, 2.75) is 20.5 Å². The van der Waals surface area contributed by atoms with Crippen molar-refractivity contribution < 1.29 is 9.53 Å². The van der Waals surface area contributed by atoms with Crippen molar-refractivity contribution >= 4 is 33.1 Å². The van der Waals surface area contributed by atoms with E-state index in [-0.39, 0.29) is 5.91 Å². The van der Waals surface area contributed by atoms with Gasteiger partial charge in [0.05, 0.1) is 20.8 Å². The fourth-order valence-corrected chi connectivity index (χ4v) is 3.93. The number of aromatic nitrogens is 1. The van der Waals surface area contributed by atoms with Gasteiger partial charge in [-0.05, 0) is 49.7 Å². The molecule has 140 valence electrons. The normalized spacial score (nSPS) is 10.8. The second-order valence-corrected chi connectivity index (χ2v) is 7.88. The van der Waals surface area contributed by atoms with Crippen LogP contribution in [-0.4, -0.2) is 10.9 Å². The van der Waals surface area contributed by atoms with Crippen LogP contribution in [0.5, 0.6) is 5.75 Å². The molecule has 0 spiro atoms. The largest absolute Gasteiger partial charge is 0.488 e. The molecule has 0 radical (unpaired) electrons. The quantitative estimate of drug-likeness (QED) is 0.474. The van der Waals surface area contributed by atoms with Gasteiger partial charge in [0.1, 0.15) is 12.4 Å². The Hall–Kier alpha value is -3.18. The van der Waals surface area contributed by atoms with Crippen molar-refractivity contribution in [3.63, 3.8) is 0 Å². The lowest BCUT2D eigenvalue weighted by molar-refractivity contribution is 0.102. The Morgan fingerprint density at radius 3 is 2.75 bits per heavy atom. The molecule has 3 aromatic carbocycles. The van der Waals surface area contributed by atoms with Crippen LogP contribution in [0, 0.1) is 13.8 Å². The Kier molecular flexibility index (Phi) is 5.08. The Morgan fingerprint density at radius 2 is 1.89 bits per heavy atom. The molecule has 0 aliphatic carbocycles. The lowest BCUT2D eigenvalue weighted by Crippen LogP contribution is -2.13. The Bertz CT molecular complexity index is 1150. The van der Waals surface area contributed by atoms with Crippen LogP contribution in [-0.2, 0) is 6.61 Å². The number of amides is 1. The van der Waals surface area contributed by atoms with Gasteiger partial charge in [-0.3, -0.25) is 4.79 Å². The van der Waals surface area contributed by atoms with Crippen LogP contribution in [0.2, 0.25) is 0 Å². The predicted octanol–water partition coefficient (Wildman–Crippen LogP) is 5.74. The molecule has 0 fully saturated rings. The van der Waals surface area contributed by atoms with Gasteiger partial charge in [-0.25, -0.2) is 4.98 Å². The van der Waals surface area contributed by atoms with Crippen LogP contribution in [0.15, 0.2) is 66.7 Å². The van der Waals surface area contributed by atoms with Crippen molar-refractivity contribution in [2.75, 3.05) is 5.32 Å². The van der Waals surface area contributed by atoms with E-state index in [1.807, 2.05) is 68.4 Å². The fraction of sp³-hybridized carbons (Fsp3) is 0.130. The van der Waals surface area contributed by atoms with Gasteiger partial charge >= 0.3 is 0 Å². The summed E-state index contributed by atoms with van der Waals surface area (Å²) in [5.41, 5.74) is 4.45. The third-order valence-corrected chi connectivity index (χ3v) is 5.30. The van der Waals surface area contributed by atoms with E-state index >= 15 is 0 Å². The van der Waals surface area contributed by atoms with Crippen LogP contribution in [0.4, 0.5) is 5.69 Å². The summed E-state index contributed by atoms with van der Waals surface area (Å²) in [6.45, 7) is 4.44. The van der Waals surface area contributed by atoms with Crippen molar-refractivity contribution in [1.29, 1.82) is 0 Å². The van der Waals surface area contributed by atoms with Crippen molar-refractivity contribution in [2.24, 2.45) is 0 Å². The summed E-state index contributed by atoms with van der Waals surface area (Å²) in [6.07, 6.45) is 0. The molecule has 1 aromatic heterocycles. The summed E-state index contributed by atoms with van der Waals surface area (Å²) < 4.78 is 7.00. The number of para-hydroxylation sites is 1. The highest BCUT2D eigenvalue weighted by Crippen LogP contribution is 2.26. The molecule has 1 heterocycles. The van der Waals surface area contributed by atoms with E-state index in [1.165, 1.54) is 5.56 Å². The highest BCUT2D eigenvalue weighted by Gasteiger charge is 2.13. The molecule has 0 saturated carbocycles. The Labute approximate surface area is 167 Å². The second kappa shape index (κ2) is 7.82. The van der Waals surface area contributed by atoms with E-state index in [0.717, 1.165) is 26.5 Å². The van der Waals surface area contributed by atoms with E-state index in [2.05, 4.69) is 16.4 Å². The molecule has 28 heavy (non-hydrogen) atoms. The van der Waals surface area contributed by atoms with E-state index in [9.17, 15) is 4.79 Å². The zero-order chi connectivity index (χ0) is 19.5. The molecule has 5 heteroatoms. The lowest BCUT2D eigenvalue weighted by Gasteiger charge is -2.12. The maximum atomic E-state index is 12.8. The summed E-state index contributed by atoms with van der Waals surface area (Å²) >= 11 is 1.61. The van der Waals surface area contributed by atoms with Crippen LogP contribution >= 0.6 is 11.3 Å². The molecule has 4 rings (SSSR count). The number of carbonyl (C=O) groups is 1. The second-order valence-electron chi connectivity index (χ2n) is 6.64. The summed E-state index contributed by atoms with van der Waals surface area (Å²) in [7, 11) is 0. The van der Waals surface area contributed by atoms with Gasteiger partial charge in [0, 0.05) is 5.69 Å². The number of fused-ring (bicyclic) bond motifs is 1. The van der Waals surface area contributed by atoms with Crippen molar-refractivity contribution in [3.05, 3.63) is 88.4 Å². The molecular weight excluding hydrogens is 368 g/mol. The van der Waals surface area contributed by atoms with Gasteiger partial charge in [0.15, 0.2) is 0 Å². The molecule has 0 saturated heterocycles. The molecule has 1 N–H and O–H groups in total. The van der Waals surface area contributed by atoms with E-state index in [1.54, 1.807) is 17.4 Å². The van der Waals surface area contributed by atoms with Crippen LogP contribution in [0.25, 0.3) is 10.2 Å². The Morgan fingerprint density at radius 1 is 1.04 bits per heavy atom. The summed E-state index contributed by atoms with van der Waals surface area (Å²) in [5, 5.41) is 3.98. The van der Waals surface area contributed by atoms with Gasteiger partial charge in [-0.2, -0.15) is 0 Å². The Balaban J connectivity index is 1.52. The first-order chi connectivity index (χ1) is 13.6. The molecule has 0 unspecified atom stereocenters. The molecule has 0 aliphatic rings. The van der Waals surface area contributed by atoms with E-state index in [4.69, 9.17) is 4.74 Å². The monoisotopic (exact) mass is 388 g/mol. The number of benzene rings is 3. The topological polar surface area (TPSA) is 51.2 Å². The first-order valence-electron chi connectivity index (χ1n) is 9.04. The average Bonchev–Trinajstić information content (AvgIpc) is 3.06. The van der Waals surface area contributed by atoms with Crippen LogP contribution in [0.3, 0.4) is 0 Å². The summed E-state index contributed by atoms with van der Waals surface area (Å²) in [5.74, 6) is 0.372. The van der Waals surface area contributed by atoms with Gasteiger partial charge < -0.3 is 10.1 Å². The molecule has 4 nitrogen and oxygen atoms in total. The van der Waals surface area contributed by atoms with Gasteiger partial charge in [-0.1, -0.05) is 42.0 Å². The number of hydrogen-bond acceptors (Lipinski definition) is 4. The number of anilines is 1. The molecular formula is C23H20N2O2S. The minimum absolute atomic E-state index is 0.194. The molecule has 0 atom stereocenters. The number of nitrogens with one attached hydrogen (secondary N) is 1. The van der Waals surface area contributed by atoms with Gasteiger partial charge in [0.25, 0.3) is 5.91 Å². The first-order valence-corrected chi connectivity index (χ1v) is 9.86. The van der Waals surface area contributed by atoms with Crippen molar-refractivity contribution in [1.82, 2.24) is 4.98 Å². The number of carbonyl (C=O) groups excluding carboxylic acids is 1. The maximum Gasteiger partial charge on any atom is 0.259 e. The maximum absolute atomic E-state index is 12.8. The van der Waals surface area contributed by atoms with Gasteiger partial charge in [0.2, 0.25) is 0 Å². The SMILES string of the molecule is Cc1cccc(COc2ccccc2C(=O)Nc2ccc3nc(C)sc3c2)c1.